The van der Waals surface area contributed by atoms with Crippen molar-refractivity contribution in [3.8, 4) is 11.3 Å². The van der Waals surface area contributed by atoms with E-state index in [4.69, 9.17) is 5.11 Å². The molecule has 0 atom stereocenters. The Labute approximate surface area is 131 Å². The molecule has 0 unspecified atom stereocenters. The van der Waals surface area contributed by atoms with Gasteiger partial charge in [-0.15, -0.1) is 11.3 Å². The third-order valence-electron chi connectivity index (χ3n) is 4.76. The van der Waals surface area contributed by atoms with Crippen LogP contribution in [0.2, 0.25) is 0 Å². The number of aliphatic carboxylic acids is 1. The fourth-order valence-corrected chi connectivity index (χ4v) is 4.27. The molecular weight excluding hydrogens is 300 g/mol. The summed E-state index contributed by atoms with van der Waals surface area (Å²) in [6, 6.07) is 9.77. The predicted molar refractivity (Wildman–Crippen MR) is 82.5 cm³/mol. The smallest absolute Gasteiger partial charge is 0.309 e. The van der Waals surface area contributed by atoms with Crippen LogP contribution in [0.25, 0.3) is 11.3 Å². The molecule has 5 nitrogen and oxygen atoms in total. The number of aromatic nitrogens is 1. The van der Waals surface area contributed by atoms with Gasteiger partial charge in [0.05, 0.1) is 16.5 Å². The summed E-state index contributed by atoms with van der Waals surface area (Å²) >= 11 is 1.39. The average molecular weight is 314 g/mol. The molecule has 2 N–H and O–H groups in total. The third kappa shape index (κ3) is 1.80. The highest BCUT2D eigenvalue weighted by atomic mass is 32.1. The minimum Gasteiger partial charge on any atom is -0.481 e. The number of carboxylic acid groups (broad SMARTS) is 1. The summed E-state index contributed by atoms with van der Waals surface area (Å²) < 4.78 is 0. The molecule has 3 saturated carbocycles. The van der Waals surface area contributed by atoms with E-state index >= 15 is 0 Å². The topological polar surface area (TPSA) is 79.3 Å². The Bertz CT molecular complexity index is 749. The minimum atomic E-state index is -0.775. The number of hydrogen-bond acceptors (Lipinski definition) is 4. The molecule has 6 heteroatoms. The lowest BCUT2D eigenvalue weighted by Gasteiger charge is -2.66. The molecule has 1 aromatic carbocycles. The lowest BCUT2D eigenvalue weighted by atomic mass is 9.35. The molecule has 3 aliphatic carbocycles. The first-order valence-corrected chi connectivity index (χ1v) is 7.97. The van der Waals surface area contributed by atoms with Gasteiger partial charge in [-0.3, -0.25) is 9.59 Å². The standard InChI is InChI=1S/C16H14N2O3S/c19-12(15-7-16(8-15,9-15)13(20)21)18-14-17-11(6-22-14)10-4-2-1-3-5-10/h1-6H,7-9H2,(H,20,21)(H,17,18,19). The number of rotatable bonds is 4. The van der Waals surface area contributed by atoms with Crippen molar-refractivity contribution >= 4 is 28.3 Å². The molecule has 0 aliphatic heterocycles. The van der Waals surface area contributed by atoms with Crippen LogP contribution in [0.15, 0.2) is 35.7 Å². The molecule has 1 aromatic heterocycles. The molecule has 3 fully saturated rings. The highest BCUT2D eigenvalue weighted by molar-refractivity contribution is 7.14. The number of carboxylic acids is 1. The second-order valence-electron chi connectivity index (χ2n) is 6.25. The second kappa shape index (κ2) is 4.39. The summed E-state index contributed by atoms with van der Waals surface area (Å²) in [5, 5.41) is 14.4. The fourth-order valence-electron chi connectivity index (χ4n) is 3.56. The molecule has 1 amide bonds. The Hall–Kier alpha value is -2.21. The van der Waals surface area contributed by atoms with Crippen LogP contribution in [-0.4, -0.2) is 22.0 Å². The lowest BCUT2D eigenvalue weighted by Crippen LogP contribution is -2.69. The van der Waals surface area contributed by atoms with E-state index < -0.39 is 16.8 Å². The average Bonchev–Trinajstić information content (AvgIpc) is 2.84. The van der Waals surface area contributed by atoms with Gasteiger partial charge >= 0.3 is 5.97 Å². The predicted octanol–water partition coefficient (Wildman–Crippen LogP) is 3.00. The highest BCUT2D eigenvalue weighted by Crippen LogP contribution is 2.73. The van der Waals surface area contributed by atoms with Crippen molar-refractivity contribution in [1.82, 2.24) is 4.98 Å². The third-order valence-corrected chi connectivity index (χ3v) is 5.52. The Kier molecular flexibility index (Phi) is 2.69. The van der Waals surface area contributed by atoms with Crippen LogP contribution in [0, 0.1) is 10.8 Å². The number of nitrogens with zero attached hydrogens (tertiary/aromatic N) is 1. The zero-order valence-electron chi connectivity index (χ0n) is 11.7. The summed E-state index contributed by atoms with van der Waals surface area (Å²) in [6.07, 6.45) is 1.37. The van der Waals surface area contributed by atoms with Crippen molar-refractivity contribution in [2.24, 2.45) is 10.8 Å². The van der Waals surface area contributed by atoms with Crippen LogP contribution in [0.1, 0.15) is 19.3 Å². The van der Waals surface area contributed by atoms with E-state index in [1.807, 2.05) is 35.7 Å². The van der Waals surface area contributed by atoms with Gasteiger partial charge < -0.3 is 10.4 Å². The molecule has 0 radical (unpaired) electrons. The number of hydrogen-bond donors (Lipinski definition) is 2. The number of anilines is 1. The van der Waals surface area contributed by atoms with E-state index in [2.05, 4.69) is 10.3 Å². The fraction of sp³-hybridized carbons (Fsp3) is 0.312. The molecular formula is C16H14N2O3S. The van der Waals surface area contributed by atoms with Crippen molar-refractivity contribution in [3.63, 3.8) is 0 Å². The number of carbonyl (C=O) groups is 2. The van der Waals surface area contributed by atoms with Crippen LogP contribution < -0.4 is 5.32 Å². The summed E-state index contributed by atoms with van der Waals surface area (Å²) in [4.78, 5) is 27.8. The van der Waals surface area contributed by atoms with Crippen LogP contribution in [0.5, 0.6) is 0 Å². The van der Waals surface area contributed by atoms with Gasteiger partial charge in [-0.2, -0.15) is 0 Å². The molecule has 1 heterocycles. The zero-order valence-corrected chi connectivity index (χ0v) is 12.5. The van der Waals surface area contributed by atoms with Crippen molar-refractivity contribution in [2.45, 2.75) is 19.3 Å². The van der Waals surface area contributed by atoms with Crippen molar-refractivity contribution in [3.05, 3.63) is 35.7 Å². The van der Waals surface area contributed by atoms with E-state index in [1.165, 1.54) is 11.3 Å². The molecule has 5 rings (SSSR count). The molecule has 2 aromatic rings. The highest BCUT2D eigenvalue weighted by Gasteiger charge is 2.75. The van der Waals surface area contributed by atoms with Gasteiger partial charge in [-0.1, -0.05) is 30.3 Å². The van der Waals surface area contributed by atoms with E-state index in [0.29, 0.717) is 24.4 Å². The maximum absolute atomic E-state index is 12.3. The molecule has 22 heavy (non-hydrogen) atoms. The Morgan fingerprint density at radius 2 is 1.82 bits per heavy atom. The van der Waals surface area contributed by atoms with E-state index in [9.17, 15) is 9.59 Å². The van der Waals surface area contributed by atoms with Gasteiger partial charge in [0, 0.05) is 10.9 Å². The second-order valence-corrected chi connectivity index (χ2v) is 7.11. The molecule has 0 saturated heterocycles. The summed E-state index contributed by atoms with van der Waals surface area (Å²) in [6.45, 7) is 0. The number of amides is 1. The number of benzene rings is 1. The quantitative estimate of drug-likeness (QED) is 0.909. The minimum absolute atomic E-state index is 0.0930. The van der Waals surface area contributed by atoms with E-state index in [1.54, 1.807) is 0 Å². The van der Waals surface area contributed by atoms with Crippen molar-refractivity contribution in [2.75, 3.05) is 5.32 Å². The van der Waals surface area contributed by atoms with Crippen LogP contribution in [0.3, 0.4) is 0 Å². The SMILES string of the molecule is O=C(O)C12CC(C(=O)Nc3nc(-c4ccccc4)cs3)(C1)C2. The van der Waals surface area contributed by atoms with E-state index in [-0.39, 0.29) is 5.91 Å². The summed E-state index contributed by atoms with van der Waals surface area (Å²) in [5.41, 5.74) is 0.738. The number of carbonyl (C=O) groups excluding carboxylic acids is 1. The Balaban J connectivity index is 1.44. The van der Waals surface area contributed by atoms with E-state index in [0.717, 1.165) is 11.3 Å². The summed E-state index contributed by atoms with van der Waals surface area (Å²) in [7, 11) is 0. The molecule has 2 bridgehead atoms. The maximum atomic E-state index is 12.3. The Morgan fingerprint density at radius 1 is 1.14 bits per heavy atom. The van der Waals surface area contributed by atoms with Crippen molar-refractivity contribution in [1.29, 1.82) is 0 Å². The lowest BCUT2D eigenvalue weighted by molar-refractivity contribution is -0.217. The van der Waals surface area contributed by atoms with Crippen LogP contribution >= 0.6 is 11.3 Å². The van der Waals surface area contributed by atoms with Gasteiger partial charge in [0.15, 0.2) is 5.13 Å². The van der Waals surface area contributed by atoms with Gasteiger partial charge in [0.1, 0.15) is 0 Å². The molecule has 112 valence electrons. The first-order valence-electron chi connectivity index (χ1n) is 7.09. The first kappa shape index (κ1) is 13.5. The van der Waals surface area contributed by atoms with Crippen molar-refractivity contribution < 1.29 is 14.7 Å². The largest absolute Gasteiger partial charge is 0.481 e. The number of thiazole rings is 1. The Morgan fingerprint density at radius 3 is 2.45 bits per heavy atom. The van der Waals surface area contributed by atoms with Gasteiger partial charge in [-0.05, 0) is 19.3 Å². The monoisotopic (exact) mass is 314 g/mol. The van der Waals surface area contributed by atoms with Crippen LogP contribution in [0.4, 0.5) is 5.13 Å². The summed E-state index contributed by atoms with van der Waals surface area (Å²) in [5.74, 6) is -0.868. The normalized spacial score (nSPS) is 28.4. The number of nitrogens with one attached hydrogen (secondary N) is 1. The maximum Gasteiger partial charge on any atom is 0.309 e. The van der Waals surface area contributed by atoms with Gasteiger partial charge in [-0.25, -0.2) is 4.98 Å². The van der Waals surface area contributed by atoms with Crippen LogP contribution in [-0.2, 0) is 9.59 Å². The zero-order chi connectivity index (χ0) is 15.4. The van der Waals surface area contributed by atoms with Gasteiger partial charge in [0.2, 0.25) is 5.91 Å². The first-order chi connectivity index (χ1) is 10.5. The molecule has 0 spiro atoms. The van der Waals surface area contributed by atoms with Gasteiger partial charge in [0.25, 0.3) is 0 Å². The molecule has 3 aliphatic rings.